The van der Waals surface area contributed by atoms with Crippen LogP contribution in [0.1, 0.15) is 12.6 Å². The van der Waals surface area contributed by atoms with Crippen LogP contribution in [-0.2, 0) is 4.74 Å². The molecule has 1 aliphatic rings. The van der Waals surface area contributed by atoms with Gasteiger partial charge in [-0.1, -0.05) is 12.2 Å². The summed E-state index contributed by atoms with van der Waals surface area (Å²) in [7, 11) is 0. The van der Waals surface area contributed by atoms with E-state index in [4.69, 9.17) is 22.7 Å². The summed E-state index contributed by atoms with van der Waals surface area (Å²) in [6.07, 6.45) is 1.36. The topological polar surface area (TPSA) is 84.6 Å². The number of amides is 1. The average Bonchev–Trinajstić information content (AvgIpc) is 2.48. The second-order valence-electron chi connectivity index (χ2n) is 4.28. The molecule has 8 heteroatoms. The Morgan fingerprint density at radius 3 is 2.75 bits per heavy atom. The van der Waals surface area contributed by atoms with Gasteiger partial charge in [-0.05, 0) is 13.0 Å². The number of aromatic nitrogens is 2. The highest BCUT2D eigenvalue weighted by atomic mass is 32.1. The van der Waals surface area contributed by atoms with Crippen molar-refractivity contribution in [1.82, 2.24) is 14.9 Å². The lowest BCUT2D eigenvalue weighted by Crippen LogP contribution is -2.49. The van der Waals surface area contributed by atoms with Gasteiger partial charge in [0.25, 0.3) is 0 Å². The van der Waals surface area contributed by atoms with Crippen molar-refractivity contribution in [2.45, 2.75) is 6.92 Å². The molecule has 0 saturated carbocycles. The Hall–Kier alpha value is -1.96. The molecule has 1 aromatic rings. The number of nitrogens with two attached hydrogens (primary N) is 1. The van der Waals surface area contributed by atoms with E-state index in [-0.39, 0.29) is 11.1 Å². The fourth-order valence-electron chi connectivity index (χ4n) is 1.94. The van der Waals surface area contributed by atoms with E-state index in [0.717, 1.165) is 0 Å². The molecule has 0 aromatic carbocycles. The Kier molecular flexibility index (Phi) is 4.67. The van der Waals surface area contributed by atoms with Crippen LogP contribution in [0.3, 0.4) is 0 Å². The molecule has 1 aliphatic heterocycles. The molecule has 1 amide bonds. The van der Waals surface area contributed by atoms with Crippen molar-refractivity contribution in [3.05, 3.63) is 18.0 Å². The van der Waals surface area contributed by atoms with E-state index < -0.39 is 0 Å². The number of thiocarbonyl (C=S) groups is 1. The molecule has 2 heterocycles. The van der Waals surface area contributed by atoms with Gasteiger partial charge >= 0.3 is 6.09 Å². The van der Waals surface area contributed by atoms with Crippen molar-refractivity contribution in [3.63, 3.8) is 0 Å². The smallest absolute Gasteiger partial charge is 0.409 e. The summed E-state index contributed by atoms with van der Waals surface area (Å²) in [6, 6.07) is 1.68. The summed E-state index contributed by atoms with van der Waals surface area (Å²) >= 11 is 4.90. The molecule has 7 nitrogen and oxygen atoms in total. The number of carbonyl (C=O) groups is 1. The van der Waals surface area contributed by atoms with Gasteiger partial charge in [-0.15, -0.1) is 0 Å². The Morgan fingerprint density at radius 2 is 2.15 bits per heavy atom. The molecule has 2 rings (SSSR count). The minimum atomic E-state index is -0.273. The summed E-state index contributed by atoms with van der Waals surface area (Å²) in [6.45, 7) is 4.65. The second-order valence-corrected chi connectivity index (χ2v) is 4.72. The molecule has 108 valence electrons. The number of hydrogen-bond acceptors (Lipinski definition) is 6. The van der Waals surface area contributed by atoms with E-state index >= 15 is 0 Å². The molecule has 0 atom stereocenters. The van der Waals surface area contributed by atoms with Crippen molar-refractivity contribution in [3.8, 4) is 0 Å². The number of hydrogen-bond donors (Lipinski definition) is 1. The molecule has 0 spiro atoms. The molecule has 1 saturated heterocycles. The predicted octanol–water partition coefficient (Wildman–Crippen LogP) is 0.389. The molecule has 0 aliphatic carbocycles. The van der Waals surface area contributed by atoms with E-state index in [1.54, 1.807) is 24.1 Å². The maximum absolute atomic E-state index is 11.6. The van der Waals surface area contributed by atoms with E-state index in [9.17, 15) is 4.79 Å². The van der Waals surface area contributed by atoms with Crippen LogP contribution in [0.2, 0.25) is 0 Å². The van der Waals surface area contributed by atoms with Gasteiger partial charge in [-0.3, -0.25) is 0 Å². The third-order valence-electron chi connectivity index (χ3n) is 2.98. The molecular formula is C12H17N5O2S. The fraction of sp³-hybridized carbons (Fsp3) is 0.500. The maximum atomic E-state index is 11.6. The van der Waals surface area contributed by atoms with Crippen LogP contribution in [0.15, 0.2) is 12.3 Å². The molecule has 20 heavy (non-hydrogen) atoms. The second kappa shape index (κ2) is 6.47. The normalized spacial score (nSPS) is 15.1. The third-order valence-corrected chi connectivity index (χ3v) is 3.19. The highest BCUT2D eigenvalue weighted by Gasteiger charge is 2.23. The number of nitrogens with zero attached hydrogens (tertiary/aromatic N) is 4. The largest absolute Gasteiger partial charge is 0.450 e. The molecule has 0 unspecified atom stereocenters. The van der Waals surface area contributed by atoms with Crippen LogP contribution in [0.25, 0.3) is 0 Å². The van der Waals surface area contributed by atoms with Crippen LogP contribution in [0.5, 0.6) is 0 Å². The lowest BCUT2D eigenvalue weighted by atomic mass is 10.3. The summed E-state index contributed by atoms with van der Waals surface area (Å²) in [4.78, 5) is 24.1. The first-order chi connectivity index (χ1) is 9.61. The summed E-state index contributed by atoms with van der Waals surface area (Å²) < 4.78 is 4.98. The Balaban J connectivity index is 1.98. The van der Waals surface area contributed by atoms with Crippen molar-refractivity contribution < 1.29 is 9.53 Å². The highest BCUT2D eigenvalue weighted by Crippen LogP contribution is 2.12. The standard InChI is InChI=1S/C12H17N5O2S/c1-2-19-12(18)17-7-5-16(6-8-17)11-14-4-3-9(15-11)10(13)20/h3-4H,2,5-8H2,1H3,(H2,13,20). The van der Waals surface area contributed by atoms with Gasteiger partial charge in [-0.2, -0.15) is 0 Å². The van der Waals surface area contributed by atoms with E-state index in [1.807, 2.05) is 4.90 Å². The Morgan fingerprint density at radius 1 is 1.45 bits per heavy atom. The number of rotatable bonds is 3. The first-order valence-electron chi connectivity index (χ1n) is 6.41. The maximum Gasteiger partial charge on any atom is 0.409 e. The molecule has 1 aromatic heterocycles. The Labute approximate surface area is 122 Å². The van der Waals surface area contributed by atoms with Gasteiger partial charge in [-0.25, -0.2) is 14.8 Å². The van der Waals surface area contributed by atoms with E-state index in [2.05, 4.69) is 9.97 Å². The molecule has 0 bridgehead atoms. The summed E-state index contributed by atoms with van der Waals surface area (Å²) in [5, 5.41) is 0. The van der Waals surface area contributed by atoms with Crippen LogP contribution in [0.4, 0.5) is 10.7 Å². The lowest BCUT2D eigenvalue weighted by molar-refractivity contribution is 0.105. The zero-order valence-corrected chi connectivity index (χ0v) is 12.1. The average molecular weight is 295 g/mol. The Bertz CT molecular complexity index is 502. The fourth-order valence-corrected chi connectivity index (χ4v) is 2.06. The predicted molar refractivity (Wildman–Crippen MR) is 78.7 cm³/mol. The van der Waals surface area contributed by atoms with Crippen LogP contribution >= 0.6 is 12.2 Å². The lowest BCUT2D eigenvalue weighted by Gasteiger charge is -2.34. The molecule has 0 radical (unpaired) electrons. The number of piperazine rings is 1. The molecule has 1 fully saturated rings. The van der Waals surface area contributed by atoms with Crippen molar-refractivity contribution in [1.29, 1.82) is 0 Å². The van der Waals surface area contributed by atoms with Gasteiger partial charge in [0.2, 0.25) is 5.95 Å². The van der Waals surface area contributed by atoms with Gasteiger partial charge < -0.3 is 20.3 Å². The minimum Gasteiger partial charge on any atom is -0.450 e. The van der Waals surface area contributed by atoms with Crippen LogP contribution in [0, 0.1) is 0 Å². The van der Waals surface area contributed by atoms with Gasteiger partial charge in [0.15, 0.2) is 0 Å². The molecular weight excluding hydrogens is 278 g/mol. The van der Waals surface area contributed by atoms with E-state index in [1.165, 1.54) is 0 Å². The SMILES string of the molecule is CCOC(=O)N1CCN(c2nccc(C(N)=S)n2)CC1. The van der Waals surface area contributed by atoms with E-state index in [0.29, 0.717) is 44.4 Å². The number of anilines is 1. The first kappa shape index (κ1) is 14.4. The monoisotopic (exact) mass is 295 g/mol. The highest BCUT2D eigenvalue weighted by molar-refractivity contribution is 7.80. The first-order valence-corrected chi connectivity index (χ1v) is 6.82. The summed E-state index contributed by atoms with van der Waals surface area (Å²) in [5.41, 5.74) is 6.11. The van der Waals surface area contributed by atoms with Gasteiger partial charge in [0.05, 0.1) is 6.61 Å². The zero-order valence-electron chi connectivity index (χ0n) is 11.3. The van der Waals surface area contributed by atoms with Crippen molar-refractivity contribution >= 4 is 29.2 Å². The molecule has 2 N–H and O–H groups in total. The quantitative estimate of drug-likeness (QED) is 0.807. The van der Waals surface area contributed by atoms with Crippen molar-refractivity contribution in [2.24, 2.45) is 5.73 Å². The summed E-state index contributed by atoms with van der Waals surface area (Å²) in [5.74, 6) is 0.582. The number of ether oxygens (including phenoxy) is 1. The van der Waals surface area contributed by atoms with Gasteiger partial charge in [0, 0.05) is 32.4 Å². The third kappa shape index (κ3) is 3.32. The minimum absolute atomic E-state index is 0.249. The van der Waals surface area contributed by atoms with Gasteiger partial charge in [0.1, 0.15) is 10.7 Å². The zero-order chi connectivity index (χ0) is 14.5. The number of carbonyl (C=O) groups excluding carboxylic acids is 1. The van der Waals surface area contributed by atoms with Crippen LogP contribution in [-0.4, -0.2) is 58.7 Å². The van der Waals surface area contributed by atoms with Crippen LogP contribution < -0.4 is 10.6 Å². The van der Waals surface area contributed by atoms with Crippen molar-refractivity contribution in [2.75, 3.05) is 37.7 Å².